The Labute approximate surface area is 160 Å². The largest absolute Gasteiger partial charge is 0.481 e. The first-order chi connectivity index (χ1) is 12.8. The number of aliphatic carboxylic acids is 2. The number of nitrogens with two attached hydrogens (primary N) is 1. The summed E-state index contributed by atoms with van der Waals surface area (Å²) >= 11 is 0. The van der Waals surface area contributed by atoms with Gasteiger partial charge in [0.05, 0.1) is 18.6 Å². The van der Waals surface area contributed by atoms with E-state index in [2.05, 4.69) is 5.32 Å². The SMILES string of the molecule is CC(NC(=O)C(CC(=O)O)NC(=O)C(NC(=O)C(N)C(C)O)C(C)O)C(=O)O. The van der Waals surface area contributed by atoms with E-state index in [0.717, 1.165) is 13.8 Å². The van der Waals surface area contributed by atoms with Gasteiger partial charge in [0.15, 0.2) is 0 Å². The number of aliphatic hydroxyl groups excluding tert-OH is 2. The fraction of sp³-hybridized carbons (Fsp3) is 0.667. The summed E-state index contributed by atoms with van der Waals surface area (Å²) in [4.78, 5) is 58.1. The zero-order valence-electron chi connectivity index (χ0n) is 15.6. The van der Waals surface area contributed by atoms with Crippen LogP contribution in [0.15, 0.2) is 0 Å². The van der Waals surface area contributed by atoms with E-state index in [4.69, 9.17) is 15.9 Å². The molecule has 160 valence electrons. The Hall–Kier alpha value is -2.77. The van der Waals surface area contributed by atoms with Gasteiger partial charge in [-0.05, 0) is 20.8 Å². The van der Waals surface area contributed by atoms with Crippen molar-refractivity contribution in [3.8, 4) is 0 Å². The van der Waals surface area contributed by atoms with Crippen LogP contribution >= 0.6 is 0 Å². The fourth-order valence-electron chi connectivity index (χ4n) is 1.89. The van der Waals surface area contributed by atoms with Gasteiger partial charge in [-0.15, -0.1) is 0 Å². The first-order valence-electron chi connectivity index (χ1n) is 8.25. The van der Waals surface area contributed by atoms with Crippen molar-refractivity contribution in [2.75, 3.05) is 0 Å². The van der Waals surface area contributed by atoms with Crippen LogP contribution < -0.4 is 21.7 Å². The summed E-state index contributed by atoms with van der Waals surface area (Å²) in [6, 6.07) is -6.03. The number of carbonyl (C=O) groups is 5. The molecule has 0 bridgehead atoms. The molecule has 13 nitrogen and oxygen atoms in total. The monoisotopic (exact) mass is 406 g/mol. The molecule has 0 aromatic heterocycles. The first-order valence-corrected chi connectivity index (χ1v) is 8.25. The second-order valence-electron chi connectivity index (χ2n) is 6.22. The number of aliphatic hydroxyl groups is 2. The van der Waals surface area contributed by atoms with Gasteiger partial charge >= 0.3 is 11.9 Å². The molecule has 6 atom stereocenters. The van der Waals surface area contributed by atoms with Gasteiger partial charge in [-0.3, -0.25) is 24.0 Å². The zero-order chi connectivity index (χ0) is 22.2. The number of rotatable bonds is 11. The summed E-state index contributed by atoms with van der Waals surface area (Å²) < 4.78 is 0. The number of carboxylic acids is 2. The summed E-state index contributed by atoms with van der Waals surface area (Å²) in [7, 11) is 0. The fourth-order valence-corrected chi connectivity index (χ4v) is 1.89. The second-order valence-corrected chi connectivity index (χ2v) is 6.22. The minimum absolute atomic E-state index is 0.877. The van der Waals surface area contributed by atoms with E-state index in [0.29, 0.717) is 0 Å². The van der Waals surface area contributed by atoms with Gasteiger partial charge in [0, 0.05) is 0 Å². The third-order valence-electron chi connectivity index (χ3n) is 3.63. The summed E-state index contributed by atoms with van der Waals surface area (Å²) in [5, 5.41) is 42.9. The lowest BCUT2D eigenvalue weighted by Crippen LogP contribution is -2.60. The Morgan fingerprint density at radius 3 is 1.75 bits per heavy atom. The van der Waals surface area contributed by atoms with E-state index >= 15 is 0 Å². The maximum absolute atomic E-state index is 12.4. The molecule has 0 heterocycles. The first kappa shape index (κ1) is 25.2. The minimum atomic E-state index is -1.67. The molecule has 0 aromatic rings. The van der Waals surface area contributed by atoms with E-state index < -0.39 is 72.5 Å². The Bertz CT molecular complexity index is 608. The number of hydrogen-bond donors (Lipinski definition) is 8. The van der Waals surface area contributed by atoms with Gasteiger partial charge in [0.1, 0.15) is 24.2 Å². The van der Waals surface area contributed by atoms with Gasteiger partial charge in [-0.25, -0.2) is 0 Å². The minimum Gasteiger partial charge on any atom is -0.481 e. The summed E-state index contributed by atoms with van der Waals surface area (Å²) in [5.74, 6) is -5.99. The topological polar surface area (TPSA) is 228 Å². The molecule has 13 heteroatoms. The molecule has 0 aliphatic rings. The summed E-state index contributed by atoms with van der Waals surface area (Å²) in [6.07, 6.45) is -3.59. The highest BCUT2D eigenvalue weighted by Gasteiger charge is 2.33. The van der Waals surface area contributed by atoms with E-state index in [1.807, 2.05) is 10.6 Å². The zero-order valence-corrected chi connectivity index (χ0v) is 15.6. The highest BCUT2D eigenvalue weighted by molar-refractivity contribution is 5.95. The molecule has 28 heavy (non-hydrogen) atoms. The van der Waals surface area contributed by atoms with E-state index in [9.17, 15) is 34.2 Å². The normalized spacial score (nSPS) is 17.2. The molecule has 0 aromatic carbocycles. The molecular weight excluding hydrogens is 380 g/mol. The Morgan fingerprint density at radius 1 is 0.821 bits per heavy atom. The molecule has 0 saturated carbocycles. The lowest BCUT2D eigenvalue weighted by molar-refractivity contribution is -0.143. The molecule has 0 spiro atoms. The van der Waals surface area contributed by atoms with Crippen LogP contribution in [0, 0.1) is 0 Å². The van der Waals surface area contributed by atoms with Crippen molar-refractivity contribution in [2.24, 2.45) is 5.73 Å². The lowest BCUT2D eigenvalue weighted by atomic mass is 10.1. The van der Waals surface area contributed by atoms with Crippen LogP contribution in [0.25, 0.3) is 0 Å². The lowest BCUT2D eigenvalue weighted by Gasteiger charge is -2.26. The van der Waals surface area contributed by atoms with Crippen LogP contribution in [0.5, 0.6) is 0 Å². The molecule has 0 aliphatic carbocycles. The molecule has 0 radical (unpaired) electrons. The van der Waals surface area contributed by atoms with Crippen LogP contribution in [0.1, 0.15) is 27.2 Å². The van der Waals surface area contributed by atoms with Crippen LogP contribution in [0.4, 0.5) is 0 Å². The summed E-state index contributed by atoms with van der Waals surface area (Å²) in [6.45, 7) is 3.52. The van der Waals surface area contributed by atoms with Gasteiger partial charge in [0.2, 0.25) is 17.7 Å². The van der Waals surface area contributed by atoms with Crippen LogP contribution in [-0.2, 0) is 24.0 Å². The van der Waals surface area contributed by atoms with Crippen molar-refractivity contribution in [1.29, 1.82) is 0 Å². The third-order valence-corrected chi connectivity index (χ3v) is 3.63. The number of nitrogens with one attached hydrogen (secondary N) is 3. The van der Waals surface area contributed by atoms with Gasteiger partial charge in [-0.1, -0.05) is 0 Å². The van der Waals surface area contributed by atoms with E-state index in [-0.39, 0.29) is 0 Å². The third kappa shape index (κ3) is 8.28. The number of carboxylic acid groups (broad SMARTS) is 2. The highest BCUT2D eigenvalue weighted by atomic mass is 16.4. The van der Waals surface area contributed by atoms with E-state index in [1.165, 1.54) is 6.92 Å². The Balaban J connectivity index is 5.32. The number of amides is 3. The quantitative estimate of drug-likeness (QED) is 0.166. The average molecular weight is 406 g/mol. The van der Waals surface area contributed by atoms with Crippen LogP contribution in [0.3, 0.4) is 0 Å². The van der Waals surface area contributed by atoms with Gasteiger partial charge < -0.3 is 42.1 Å². The van der Waals surface area contributed by atoms with E-state index in [1.54, 1.807) is 0 Å². The average Bonchev–Trinajstić information content (AvgIpc) is 2.56. The van der Waals surface area contributed by atoms with Crippen molar-refractivity contribution < 1.29 is 44.4 Å². The molecular formula is C15H26N4O9. The molecule has 0 aliphatic heterocycles. The molecule has 9 N–H and O–H groups in total. The standard InChI is InChI=1S/C15H26N4O9/c1-5(15(27)28)17-12(24)8(4-9(22)23)18-14(26)11(7(3)21)19-13(25)10(16)6(2)20/h5-8,10-11,20-21H,4,16H2,1-3H3,(H,17,24)(H,18,26)(H,19,25)(H,22,23)(H,27,28). The molecule has 0 saturated heterocycles. The molecule has 0 rings (SSSR count). The van der Waals surface area contributed by atoms with Crippen molar-refractivity contribution in [1.82, 2.24) is 16.0 Å². The van der Waals surface area contributed by atoms with Crippen LogP contribution in [-0.4, -0.2) is 86.5 Å². The Kier molecular flexibility index (Phi) is 10.1. The van der Waals surface area contributed by atoms with Crippen LogP contribution in [0.2, 0.25) is 0 Å². The predicted octanol–water partition coefficient (Wildman–Crippen LogP) is -3.89. The summed E-state index contributed by atoms with van der Waals surface area (Å²) in [5.41, 5.74) is 5.43. The smallest absolute Gasteiger partial charge is 0.325 e. The van der Waals surface area contributed by atoms with Gasteiger partial charge in [-0.2, -0.15) is 0 Å². The van der Waals surface area contributed by atoms with Crippen molar-refractivity contribution in [3.63, 3.8) is 0 Å². The molecule has 6 unspecified atom stereocenters. The number of carbonyl (C=O) groups excluding carboxylic acids is 3. The highest BCUT2D eigenvalue weighted by Crippen LogP contribution is 2.01. The van der Waals surface area contributed by atoms with Gasteiger partial charge in [0.25, 0.3) is 0 Å². The maximum Gasteiger partial charge on any atom is 0.325 e. The number of hydrogen-bond acceptors (Lipinski definition) is 8. The molecule has 0 fully saturated rings. The van der Waals surface area contributed by atoms with Crippen molar-refractivity contribution >= 4 is 29.7 Å². The Morgan fingerprint density at radius 2 is 1.36 bits per heavy atom. The maximum atomic E-state index is 12.4. The second kappa shape index (κ2) is 11.2. The predicted molar refractivity (Wildman–Crippen MR) is 92.7 cm³/mol. The van der Waals surface area contributed by atoms with Crippen molar-refractivity contribution in [3.05, 3.63) is 0 Å². The molecule has 3 amide bonds. The van der Waals surface area contributed by atoms with Crippen molar-refractivity contribution in [2.45, 2.75) is 63.6 Å².